The number of aromatic nitrogens is 2. The number of nitrogens with one attached hydrogen (secondary N) is 2. The highest BCUT2D eigenvalue weighted by atomic mass is 32.2. The summed E-state index contributed by atoms with van der Waals surface area (Å²) in [5.74, 6) is 0. The second-order valence-electron chi connectivity index (χ2n) is 5.12. The number of nitrogens with zero attached hydrogens (tertiary/aromatic N) is 1. The van der Waals surface area contributed by atoms with Crippen molar-refractivity contribution in [2.45, 2.75) is 37.1 Å². The molecule has 1 aromatic carbocycles. The van der Waals surface area contributed by atoms with Gasteiger partial charge < -0.3 is 0 Å². The van der Waals surface area contributed by atoms with Crippen LogP contribution in [-0.2, 0) is 16.4 Å². The lowest BCUT2D eigenvalue weighted by molar-refractivity contribution is 0.507. The molecule has 2 N–H and O–H groups in total. The van der Waals surface area contributed by atoms with Crippen LogP contribution in [0.1, 0.15) is 35.7 Å². The fraction of sp³-hybridized carbons (Fsp3) is 0.357. The van der Waals surface area contributed by atoms with Crippen molar-refractivity contribution >= 4 is 10.0 Å². The average Bonchev–Trinajstić information content (AvgIpc) is 2.86. The van der Waals surface area contributed by atoms with Crippen LogP contribution < -0.4 is 4.72 Å². The molecule has 1 aromatic heterocycles. The Labute approximate surface area is 118 Å². The van der Waals surface area contributed by atoms with Gasteiger partial charge in [-0.2, -0.15) is 5.10 Å². The van der Waals surface area contributed by atoms with Crippen molar-refractivity contribution in [1.82, 2.24) is 14.9 Å². The summed E-state index contributed by atoms with van der Waals surface area (Å²) in [6, 6.07) is 7.87. The van der Waals surface area contributed by atoms with Gasteiger partial charge in [-0.3, -0.25) is 5.10 Å². The summed E-state index contributed by atoms with van der Waals surface area (Å²) in [4.78, 5) is 0.223. The van der Waals surface area contributed by atoms with Gasteiger partial charge in [-0.15, -0.1) is 0 Å². The van der Waals surface area contributed by atoms with E-state index in [0.29, 0.717) is 5.69 Å². The van der Waals surface area contributed by atoms with Gasteiger partial charge in [0.05, 0.1) is 11.9 Å². The second kappa shape index (κ2) is 5.03. The lowest BCUT2D eigenvalue weighted by Crippen LogP contribution is -2.31. The number of hydrogen-bond donors (Lipinski definition) is 2. The molecular weight excluding hydrogens is 274 g/mol. The molecule has 3 rings (SSSR count). The largest absolute Gasteiger partial charge is 0.281 e. The van der Waals surface area contributed by atoms with E-state index in [9.17, 15) is 8.42 Å². The van der Waals surface area contributed by atoms with Crippen molar-refractivity contribution in [3.05, 3.63) is 47.3 Å². The van der Waals surface area contributed by atoms with Gasteiger partial charge >= 0.3 is 0 Å². The van der Waals surface area contributed by atoms with E-state index >= 15 is 0 Å². The van der Waals surface area contributed by atoms with Crippen LogP contribution in [0.5, 0.6) is 0 Å². The number of aryl methyl sites for hydroxylation is 2. The van der Waals surface area contributed by atoms with Crippen LogP contribution in [0.25, 0.3) is 0 Å². The minimum Gasteiger partial charge on any atom is -0.281 e. The zero-order valence-electron chi connectivity index (χ0n) is 11.3. The molecular formula is C14H17N3O2S. The van der Waals surface area contributed by atoms with E-state index in [0.717, 1.165) is 24.8 Å². The SMILES string of the molecule is Cc1[nH]ncc1S(=O)(=O)NC1CCCc2ccccc21. The van der Waals surface area contributed by atoms with Crippen LogP contribution in [-0.4, -0.2) is 18.6 Å². The zero-order chi connectivity index (χ0) is 14.2. The van der Waals surface area contributed by atoms with Crippen LogP contribution in [0.15, 0.2) is 35.4 Å². The normalized spacial score (nSPS) is 18.8. The summed E-state index contributed by atoms with van der Waals surface area (Å²) < 4.78 is 27.6. The van der Waals surface area contributed by atoms with Crippen molar-refractivity contribution in [3.8, 4) is 0 Å². The van der Waals surface area contributed by atoms with Crippen molar-refractivity contribution in [2.24, 2.45) is 0 Å². The fourth-order valence-corrected chi connectivity index (χ4v) is 4.12. The Kier molecular flexibility index (Phi) is 3.35. The van der Waals surface area contributed by atoms with Crippen LogP contribution in [0, 0.1) is 6.92 Å². The van der Waals surface area contributed by atoms with E-state index in [1.165, 1.54) is 11.8 Å². The minimum atomic E-state index is -3.53. The molecule has 1 atom stereocenters. The van der Waals surface area contributed by atoms with Crippen molar-refractivity contribution < 1.29 is 8.42 Å². The van der Waals surface area contributed by atoms with E-state index in [2.05, 4.69) is 21.0 Å². The molecule has 106 valence electrons. The Hall–Kier alpha value is -1.66. The molecule has 5 nitrogen and oxygen atoms in total. The van der Waals surface area contributed by atoms with Crippen LogP contribution in [0.3, 0.4) is 0 Å². The average molecular weight is 291 g/mol. The third kappa shape index (κ3) is 2.36. The van der Waals surface area contributed by atoms with Crippen LogP contribution in [0.2, 0.25) is 0 Å². The summed E-state index contributed by atoms with van der Waals surface area (Å²) in [6.45, 7) is 1.70. The lowest BCUT2D eigenvalue weighted by atomic mass is 9.88. The first-order chi connectivity index (χ1) is 9.58. The van der Waals surface area contributed by atoms with Gasteiger partial charge in [0, 0.05) is 6.04 Å². The molecule has 0 saturated carbocycles. The highest BCUT2D eigenvalue weighted by molar-refractivity contribution is 7.89. The molecule has 1 heterocycles. The molecule has 0 fully saturated rings. The van der Waals surface area contributed by atoms with E-state index < -0.39 is 10.0 Å². The minimum absolute atomic E-state index is 0.153. The topological polar surface area (TPSA) is 74.8 Å². The molecule has 1 aliphatic carbocycles. The number of aromatic amines is 1. The molecule has 2 aromatic rings. The van der Waals surface area contributed by atoms with E-state index in [-0.39, 0.29) is 10.9 Å². The zero-order valence-corrected chi connectivity index (χ0v) is 12.1. The summed E-state index contributed by atoms with van der Waals surface area (Å²) in [7, 11) is -3.53. The molecule has 1 aliphatic rings. The third-order valence-electron chi connectivity index (χ3n) is 3.74. The van der Waals surface area contributed by atoms with Gasteiger partial charge in [-0.25, -0.2) is 13.1 Å². The predicted octanol–water partition coefficient (Wildman–Crippen LogP) is 2.07. The Morgan fingerprint density at radius 3 is 2.90 bits per heavy atom. The summed E-state index contributed by atoms with van der Waals surface area (Å²) in [5.41, 5.74) is 2.88. The van der Waals surface area contributed by atoms with E-state index in [1.54, 1.807) is 6.92 Å². The maximum Gasteiger partial charge on any atom is 0.244 e. The maximum absolute atomic E-state index is 12.4. The molecule has 0 bridgehead atoms. The van der Waals surface area contributed by atoms with Gasteiger partial charge in [-0.1, -0.05) is 24.3 Å². The van der Waals surface area contributed by atoms with Gasteiger partial charge in [0.2, 0.25) is 10.0 Å². The number of fused-ring (bicyclic) bond motifs is 1. The molecule has 0 amide bonds. The number of hydrogen-bond acceptors (Lipinski definition) is 3. The molecule has 0 aliphatic heterocycles. The van der Waals surface area contributed by atoms with E-state index in [1.807, 2.05) is 18.2 Å². The smallest absolute Gasteiger partial charge is 0.244 e. The second-order valence-corrected chi connectivity index (χ2v) is 6.81. The first kappa shape index (κ1) is 13.3. The van der Waals surface area contributed by atoms with Gasteiger partial charge in [0.15, 0.2) is 0 Å². The highest BCUT2D eigenvalue weighted by Gasteiger charge is 2.27. The van der Waals surface area contributed by atoms with E-state index in [4.69, 9.17) is 0 Å². The molecule has 0 saturated heterocycles. The predicted molar refractivity (Wildman–Crippen MR) is 75.8 cm³/mol. The highest BCUT2D eigenvalue weighted by Crippen LogP contribution is 2.30. The molecule has 6 heteroatoms. The standard InChI is InChI=1S/C14H17N3O2S/c1-10-14(9-15-16-10)20(18,19)17-13-8-4-6-11-5-2-3-7-12(11)13/h2-3,5,7,9,13,17H,4,6,8H2,1H3,(H,15,16). The fourth-order valence-electron chi connectivity index (χ4n) is 2.74. The third-order valence-corrected chi connectivity index (χ3v) is 5.33. The Bertz CT molecular complexity index is 722. The monoisotopic (exact) mass is 291 g/mol. The molecule has 0 spiro atoms. The van der Waals surface area contributed by atoms with Crippen LogP contribution in [0.4, 0.5) is 0 Å². The van der Waals surface area contributed by atoms with Crippen molar-refractivity contribution in [1.29, 1.82) is 0 Å². The van der Waals surface area contributed by atoms with Crippen molar-refractivity contribution in [3.63, 3.8) is 0 Å². The molecule has 1 unspecified atom stereocenters. The van der Waals surface area contributed by atoms with Crippen molar-refractivity contribution in [2.75, 3.05) is 0 Å². The van der Waals surface area contributed by atoms with Crippen LogP contribution >= 0.6 is 0 Å². The van der Waals surface area contributed by atoms with Gasteiger partial charge in [0.25, 0.3) is 0 Å². The van der Waals surface area contributed by atoms with Gasteiger partial charge in [-0.05, 0) is 37.3 Å². The summed E-state index contributed by atoms with van der Waals surface area (Å²) >= 11 is 0. The Balaban J connectivity index is 1.91. The first-order valence-corrected chi connectivity index (χ1v) is 8.16. The lowest BCUT2D eigenvalue weighted by Gasteiger charge is -2.26. The number of benzene rings is 1. The summed E-state index contributed by atoms with van der Waals surface area (Å²) in [6.07, 6.45) is 4.19. The number of sulfonamides is 1. The maximum atomic E-state index is 12.4. The number of rotatable bonds is 3. The first-order valence-electron chi connectivity index (χ1n) is 6.68. The molecule has 0 radical (unpaired) electrons. The number of H-pyrrole nitrogens is 1. The molecule has 20 heavy (non-hydrogen) atoms. The Morgan fingerprint density at radius 2 is 2.15 bits per heavy atom. The summed E-state index contributed by atoms with van der Waals surface area (Å²) in [5, 5.41) is 6.44. The Morgan fingerprint density at radius 1 is 1.35 bits per heavy atom. The van der Waals surface area contributed by atoms with Gasteiger partial charge in [0.1, 0.15) is 4.90 Å². The quantitative estimate of drug-likeness (QED) is 0.909.